The molecular formula is C21H23BrN4O4S2. The third-order valence-corrected chi connectivity index (χ3v) is 7.22. The summed E-state index contributed by atoms with van der Waals surface area (Å²) in [6, 6.07) is 9.30. The summed E-state index contributed by atoms with van der Waals surface area (Å²) >= 11 is 6.03. The van der Waals surface area contributed by atoms with Gasteiger partial charge in [0.05, 0.1) is 18.4 Å². The summed E-state index contributed by atoms with van der Waals surface area (Å²) in [6.45, 7) is 3.88. The smallest absolute Gasteiger partial charge is 0.340 e. The number of amides is 1. The molecule has 1 atom stereocenters. The lowest BCUT2D eigenvalue weighted by Crippen LogP contribution is -2.16. The van der Waals surface area contributed by atoms with Crippen LogP contribution in [0.3, 0.4) is 0 Å². The highest BCUT2D eigenvalue weighted by atomic mass is 79.9. The zero-order valence-electron chi connectivity index (χ0n) is 18.0. The molecule has 0 bridgehead atoms. The van der Waals surface area contributed by atoms with Gasteiger partial charge >= 0.3 is 5.97 Å². The zero-order chi connectivity index (χ0) is 23.3. The van der Waals surface area contributed by atoms with E-state index in [9.17, 15) is 9.59 Å². The lowest BCUT2D eigenvalue weighted by atomic mass is 10.2. The van der Waals surface area contributed by atoms with Crippen LogP contribution in [0.5, 0.6) is 5.75 Å². The molecule has 32 heavy (non-hydrogen) atoms. The molecule has 0 saturated carbocycles. The van der Waals surface area contributed by atoms with Crippen molar-refractivity contribution in [2.24, 2.45) is 7.05 Å². The number of benzene rings is 1. The number of hydrogen-bond acceptors (Lipinski definition) is 8. The number of ether oxygens (including phenoxy) is 2. The van der Waals surface area contributed by atoms with Gasteiger partial charge in [0.2, 0.25) is 5.91 Å². The number of thiophene rings is 1. The maximum absolute atomic E-state index is 12.5. The fraction of sp³-hybridized carbons (Fsp3) is 0.333. The average Bonchev–Trinajstić information content (AvgIpc) is 3.36. The van der Waals surface area contributed by atoms with Crippen molar-refractivity contribution >= 4 is 55.9 Å². The molecule has 0 aliphatic rings. The summed E-state index contributed by atoms with van der Waals surface area (Å²) in [5.41, 5.74) is 0.368. The van der Waals surface area contributed by atoms with E-state index < -0.39 is 5.97 Å². The van der Waals surface area contributed by atoms with E-state index in [2.05, 4.69) is 31.4 Å². The van der Waals surface area contributed by atoms with Gasteiger partial charge in [0.25, 0.3) is 0 Å². The van der Waals surface area contributed by atoms with Gasteiger partial charge in [-0.1, -0.05) is 34.6 Å². The highest BCUT2D eigenvalue weighted by Crippen LogP contribution is 2.30. The Hall–Kier alpha value is -2.37. The normalized spacial score (nSPS) is 11.8. The number of anilines is 1. The van der Waals surface area contributed by atoms with Crippen molar-refractivity contribution in [2.75, 3.05) is 18.2 Å². The maximum atomic E-state index is 12.5. The number of aromatic nitrogens is 3. The van der Waals surface area contributed by atoms with Crippen LogP contribution in [0.25, 0.3) is 0 Å². The molecule has 0 fully saturated rings. The summed E-state index contributed by atoms with van der Waals surface area (Å²) in [4.78, 5) is 25.5. The first-order chi connectivity index (χ1) is 15.3. The van der Waals surface area contributed by atoms with Gasteiger partial charge in [-0.05, 0) is 43.7 Å². The van der Waals surface area contributed by atoms with E-state index in [1.54, 1.807) is 6.07 Å². The number of nitrogens with zero attached hydrogens (tertiary/aromatic N) is 3. The second-order valence-electron chi connectivity index (χ2n) is 6.75. The Morgan fingerprint density at radius 2 is 2.00 bits per heavy atom. The van der Waals surface area contributed by atoms with Crippen LogP contribution in [0, 0.1) is 0 Å². The Balaban J connectivity index is 1.61. The van der Waals surface area contributed by atoms with E-state index >= 15 is 0 Å². The molecule has 2 heterocycles. The van der Waals surface area contributed by atoms with E-state index in [1.165, 1.54) is 30.2 Å². The van der Waals surface area contributed by atoms with E-state index in [-0.39, 0.29) is 17.8 Å². The predicted octanol–water partition coefficient (Wildman–Crippen LogP) is 4.86. The summed E-state index contributed by atoms with van der Waals surface area (Å²) in [7, 11) is 3.15. The molecule has 0 radical (unpaired) electrons. The first-order valence-electron chi connectivity index (χ1n) is 9.77. The molecule has 1 aromatic carbocycles. The zero-order valence-corrected chi connectivity index (χ0v) is 21.3. The van der Waals surface area contributed by atoms with Crippen molar-refractivity contribution in [1.29, 1.82) is 0 Å². The minimum absolute atomic E-state index is 0.119. The van der Waals surface area contributed by atoms with E-state index in [0.717, 1.165) is 21.5 Å². The predicted molar refractivity (Wildman–Crippen MR) is 129 cm³/mol. The monoisotopic (exact) mass is 538 g/mol. The summed E-state index contributed by atoms with van der Waals surface area (Å²) in [5.74, 6) is 0.777. The Kier molecular flexibility index (Phi) is 8.32. The van der Waals surface area contributed by atoms with Crippen molar-refractivity contribution < 1.29 is 19.1 Å². The standard InChI is InChI=1S/C21H23BrN4O4S2/c1-5-15-10-16(20(28)29-4)19(32-15)23-17(27)11-31-21-25-24-18(26(21)3)12(2)30-14-8-6-13(22)7-9-14/h6-10,12H,5,11H2,1-4H3,(H,23,27). The molecule has 0 saturated heterocycles. The topological polar surface area (TPSA) is 95.3 Å². The van der Waals surface area contributed by atoms with Crippen LogP contribution in [0.4, 0.5) is 5.00 Å². The first-order valence-corrected chi connectivity index (χ1v) is 12.4. The number of carbonyl (C=O) groups excluding carboxylic acids is 2. The highest BCUT2D eigenvalue weighted by molar-refractivity contribution is 9.10. The molecule has 2 aromatic heterocycles. The van der Waals surface area contributed by atoms with Gasteiger partial charge in [0.15, 0.2) is 17.1 Å². The van der Waals surface area contributed by atoms with Crippen LogP contribution < -0.4 is 10.1 Å². The van der Waals surface area contributed by atoms with E-state index in [0.29, 0.717) is 21.5 Å². The molecule has 3 aromatic rings. The SMILES string of the molecule is CCc1cc(C(=O)OC)c(NC(=O)CSc2nnc(C(C)Oc3ccc(Br)cc3)n2C)s1. The minimum atomic E-state index is -0.471. The maximum Gasteiger partial charge on any atom is 0.340 e. The van der Waals surface area contributed by atoms with Crippen LogP contribution in [-0.2, 0) is 23.0 Å². The summed E-state index contributed by atoms with van der Waals surface area (Å²) in [5, 5.41) is 12.3. The number of nitrogens with one attached hydrogen (secondary N) is 1. The van der Waals surface area contributed by atoms with Crippen molar-refractivity contribution in [3.63, 3.8) is 0 Å². The quantitative estimate of drug-likeness (QED) is 0.307. The molecule has 170 valence electrons. The number of carbonyl (C=O) groups is 2. The second kappa shape index (κ2) is 11.0. The van der Waals surface area contributed by atoms with Crippen LogP contribution >= 0.6 is 39.0 Å². The van der Waals surface area contributed by atoms with Crippen LogP contribution in [0.15, 0.2) is 40.0 Å². The molecule has 0 aliphatic carbocycles. The largest absolute Gasteiger partial charge is 0.483 e. The summed E-state index contributed by atoms with van der Waals surface area (Å²) < 4.78 is 13.5. The van der Waals surface area contributed by atoms with Crippen molar-refractivity contribution in [2.45, 2.75) is 31.5 Å². The number of aryl methyl sites for hydroxylation is 1. The Morgan fingerprint density at radius 1 is 1.28 bits per heavy atom. The van der Waals surface area contributed by atoms with Crippen LogP contribution in [0.2, 0.25) is 0 Å². The first kappa shape index (κ1) is 24.3. The van der Waals surface area contributed by atoms with E-state index in [4.69, 9.17) is 9.47 Å². The lowest BCUT2D eigenvalue weighted by Gasteiger charge is -2.14. The Bertz CT molecular complexity index is 1100. The fourth-order valence-corrected chi connectivity index (χ4v) is 4.82. The molecule has 0 aliphatic heterocycles. The third kappa shape index (κ3) is 5.90. The minimum Gasteiger partial charge on any atom is -0.483 e. The van der Waals surface area contributed by atoms with Crippen LogP contribution in [0.1, 0.15) is 41.0 Å². The van der Waals surface area contributed by atoms with Gasteiger partial charge in [-0.25, -0.2) is 4.79 Å². The molecule has 0 spiro atoms. The summed E-state index contributed by atoms with van der Waals surface area (Å²) in [6.07, 6.45) is 0.444. The molecule has 8 nitrogen and oxygen atoms in total. The molecule has 3 rings (SSSR count). The molecule has 1 amide bonds. The number of esters is 1. The van der Waals surface area contributed by atoms with Gasteiger partial charge < -0.3 is 19.4 Å². The number of halogens is 1. The highest BCUT2D eigenvalue weighted by Gasteiger charge is 2.20. The third-order valence-electron chi connectivity index (χ3n) is 4.48. The van der Waals surface area contributed by atoms with Gasteiger partial charge in [-0.2, -0.15) is 0 Å². The number of hydrogen-bond donors (Lipinski definition) is 1. The number of rotatable bonds is 9. The van der Waals surface area contributed by atoms with Crippen LogP contribution in [-0.4, -0.2) is 39.5 Å². The van der Waals surface area contributed by atoms with Crippen molar-refractivity contribution in [3.8, 4) is 5.75 Å². The molecular weight excluding hydrogens is 516 g/mol. The van der Waals surface area contributed by atoms with Gasteiger partial charge in [-0.3, -0.25) is 4.79 Å². The lowest BCUT2D eigenvalue weighted by molar-refractivity contribution is -0.113. The number of thioether (sulfide) groups is 1. The molecule has 1 N–H and O–H groups in total. The molecule has 11 heteroatoms. The molecule has 1 unspecified atom stereocenters. The van der Waals surface area contributed by atoms with Gasteiger partial charge in [0, 0.05) is 16.4 Å². The number of methoxy groups -OCH3 is 1. The Labute approximate surface area is 202 Å². The van der Waals surface area contributed by atoms with E-state index in [1.807, 2.05) is 49.7 Å². The van der Waals surface area contributed by atoms with Crippen molar-refractivity contribution in [3.05, 3.63) is 51.1 Å². The average molecular weight is 539 g/mol. The fourth-order valence-electron chi connectivity index (χ4n) is 2.84. The second-order valence-corrected chi connectivity index (χ2v) is 9.75. The van der Waals surface area contributed by atoms with Crippen molar-refractivity contribution in [1.82, 2.24) is 14.8 Å². The van der Waals surface area contributed by atoms with Gasteiger partial charge in [0.1, 0.15) is 10.8 Å². The van der Waals surface area contributed by atoms with Gasteiger partial charge in [-0.15, -0.1) is 21.5 Å². The Morgan fingerprint density at radius 3 is 2.66 bits per heavy atom.